The normalized spacial score (nSPS) is 14.7. The number of thiazole rings is 1. The molecule has 0 aliphatic heterocycles. The van der Waals surface area contributed by atoms with Crippen LogP contribution in [0.5, 0.6) is 0 Å². The molecule has 6 heteroatoms. The zero-order valence-corrected chi connectivity index (χ0v) is 21.2. The van der Waals surface area contributed by atoms with E-state index in [2.05, 4.69) is 54.0 Å². The molecule has 4 rings (SSSR count). The predicted molar refractivity (Wildman–Crippen MR) is 137 cm³/mol. The van der Waals surface area contributed by atoms with Gasteiger partial charge in [0.25, 0.3) is 5.91 Å². The van der Waals surface area contributed by atoms with E-state index in [1.807, 2.05) is 18.3 Å². The number of nitrogens with one attached hydrogen (secondary N) is 1. The van der Waals surface area contributed by atoms with Gasteiger partial charge in [-0.15, -0.1) is 11.3 Å². The van der Waals surface area contributed by atoms with Crippen molar-refractivity contribution in [2.24, 2.45) is 11.8 Å². The van der Waals surface area contributed by atoms with Crippen LogP contribution in [-0.4, -0.2) is 27.0 Å². The Balaban J connectivity index is 1.61. The van der Waals surface area contributed by atoms with Crippen molar-refractivity contribution in [3.8, 4) is 22.0 Å². The molecule has 0 saturated heterocycles. The van der Waals surface area contributed by atoms with Gasteiger partial charge in [-0.05, 0) is 56.2 Å². The average molecular weight is 465 g/mol. The molecule has 3 heterocycles. The van der Waals surface area contributed by atoms with E-state index in [0.29, 0.717) is 11.8 Å². The van der Waals surface area contributed by atoms with Crippen LogP contribution in [0.2, 0.25) is 0 Å². The van der Waals surface area contributed by atoms with Crippen LogP contribution in [0.4, 0.5) is 0 Å². The molecule has 0 aromatic carbocycles. The first-order valence-electron chi connectivity index (χ1n) is 12.4. The van der Waals surface area contributed by atoms with Gasteiger partial charge in [-0.2, -0.15) is 0 Å². The predicted octanol–water partition coefficient (Wildman–Crippen LogP) is 6.51. The van der Waals surface area contributed by atoms with Crippen molar-refractivity contribution >= 4 is 17.2 Å². The van der Waals surface area contributed by atoms with Gasteiger partial charge in [0.1, 0.15) is 5.01 Å². The Bertz CT molecular complexity index is 1090. The zero-order chi connectivity index (χ0) is 23.4. The van der Waals surface area contributed by atoms with E-state index in [0.717, 1.165) is 58.4 Å². The second-order valence-corrected chi connectivity index (χ2v) is 10.5. The summed E-state index contributed by atoms with van der Waals surface area (Å²) in [5.74, 6) is 1.13. The van der Waals surface area contributed by atoms with Gasteiger partial charge in [0.15, 0.2) is 0 Å². The minimum absolute atomic E-state index is 0.0407. The first kappa shape index (κ1) is 23.7. The number of aromatic nitrogens is 3. The summed E-state index contributed by atoms with van der Waals surface area (Å²) in [5, 5.41) is 6.32. The lowest BCUT2D eigenvalue weighted by Crippen LogP contribution is -2.30. The van der Waals surface area contributed by atoms with Crippen LogP contribution in [0, 0.1) is 18.8 Å². The van der Waals surface area contributed by atoms with Crippen LogP contribution < -0.4 is 5.32 Å². The third-order valence-electron chi connectivity index (χ3n) is 6.63. The van der Waals surface area contributed by atoms with Crippen LogP contribution in [0.3, 0.4) is 0 Å². The number of hydrogen-bond donors (Lipinski definition) is 1. The van der Waals surface area contributed by atoms with Gasteiger partial charge in [-0.1, -0.05) is 40.0 Å². The van der Waals surface area contributed by atoms with E-state index in [9.17, 15) is 4.79 Å². The van der Waals surface area contributed by atoms with E-state index >= 15 is 0 Å². The third-order valence-corrected chi connectivity index (χ3v) is 7.52. The molecule has 0 atom stereocenters. The molecule has 176 valence electrons. The Kier molecular flexibility index (Phi) is 7.63. The van der Waals surface area contributed by atoms with Crippen molar-refractivity contribution in [2.75, 3.05) is 6.54 Å². The third kappa shape index (κ3) is 5.55. The van der Waals surface area contributed by atoms with Crippen LogP contribution in [0.15, 0.2) is 29.8 Å². The van der Waals surface area contributed by atoms with Crippen LogP contribution >= 0.6 is 11.3 Å². The highest BCUT2D eigenvalue weighted by Crippen LogP contribution is 2.32. The number of carbonyl (C=O) groups is 1. The highest BCUT2D eigenvalue weighted by Gasteiger charge is 2.22. The number of carbonyl (C=O) groups excluding carboxylic acids is 1. The number of rotatable bonds is 8. The Hall–Kier alpha value is -2.47. The first-order chi connectivity index (χ1) is 16.0. The Morgan fingerprint density at radius 1 is 1.24 bits per heavy atom. The van der Waals surface area contributed by atoms with Gasteiger partial charge in [0.05, 0.1) is 17.0 Å². The molecule has 3 aromatic rings. The van der Waals surface area contributed by atoms with Crippen molar-refractivity contribution in [1.29, 1.82) is 0 Å². The maximum absolute atomic E-state index is 13.1. The van der Waals surface area contributed by atoms with E-state index < -0.39 is 0 Å². The first-order valence-corrected chi connectivity index (χ1v) is 13.2. The lowest BCUT2D eigenvalue weighted by atomic mass is 9.89. The lowest BCUT2D eigenvalue weighted by Gasteiger charge is -2.21. The topological polar surface area (TPSA) is 59.8 Å². The number of pyridine rings is 1. The summed E-state index contributed by atoms with van der Waals surface area (Å²) in [6, 6.07) is 6.17. The van der Waals surface area contributed by atoms with Crippen molar-refractivity contribution in [3.05, 3.63) is 46.7 Å². The minimum atomic E-state index is 0.0407. The van der Waals surface area contributed by atoms with Gasteiger partial charge in [0, 0.05) is 41.6 Å². The molecule has 0 bridgehead atoms. The van der Waals surface area contributed by atoms with Gasteiger partial charge in [-0.25, -0.2) is 4.98 Å². The molecule has 1 aliphatic carbocycles. The molecular formula is C27H36N4OS. The number of aryl methyl sites for hydroxylation is 1. The maximum atomic E-state index is 13.1. The van der Waals surface area contributed by atoms with Crippen LogP contribution in [0.1, 0.15) is 74.6 Å². The van der Waals surface area contributed by atoms with Crippen molar-refractivity contribution in [2.45, 2.75) is 72.8 Å². The number of hydrogen-bond acceptors (Lipinski definition) is 4. The molecule has 0 spiro atoms. The smallest absolute Gasteiger partial charge is 0.253 e. The van der Waals surface area contributed by atoms with Crippen molar-refractivity contribution in [1.82, 2.24) is 19.9 Å². The van der Waals surface area contributed by atoms with E-state index in [4.69, 9.17) is 4.98 Å². The summed E-state index contributed by atoms with van der Waals surface area (Å²) >= 11 is 1.64. The number of amides is 1. The monoisotopic (exact) mass is 464 g/mol. The summed E-state index contributed by atoms with van der Waals surface area (Å²) < 4.78 is 2.27. The van der Waals surface area contributed by atoms with Crippen LogP contribution in [-0.2, 0) is 13.0 Å². The zero-order valence-electron chi connectivity index (χ0n) is 20.4. The standard InChI is InChI=1S/C27H36N4OS/c1-5-22-13-21(11-12-28-22)27-30-24(17-33-27)25-14-23(19(4)31(25)16-18(2)3)26(32)29-15-20-9-7-6-8-10-20/h11-14,17-18,20H,5-10,15-16H2,1-4H3,(H,29,32). The van der Waals surface area contributed by atoms with Crippen molar-refractivity contribution in [3.63, 3.8) is 0 Å². The average Bonchev–Trinajstić information content (AvgIpc) is 3.43. The molecule has 3 aromatic heterocycles. The largest absolute Gasteiger partial charge is 0.352 e. The minimum Gasteiger partial charge on any atom is -0.352 e. The summed E-state index contributed by atoms with van der Waals surface area (Å²) in [7, 11) is 0. The Morgan fingerprint density at radius 2 is 2.03 bits per heavy atom. The van der Waals surface area contributed by atoms with Gasteiger partial charge in [-0.3, -0.25) is 9.78 Å². The van der Waals surface area contributed by atoms with E-state index in [1.54, 1.807) is 11.3 Å². The Morgan fingerprint density at radius 3 is 2.76 bits per heavy atom. The van der Waals surface area contributed by atoms with Gasteiger partial charge in [0.2, 0.25) is 0 Å². The molecule has 1 aliphatic rings. The Labute approximate surface area is 201 Å². The molecule has 1 saturated carbocycles. The lowest BCUT2D eigenvalue weighted by molar-refractivity contribution is 0.0943. The fraction of sp³-hybridized carbons (Fsp3) is 0.519. The SMILES string of the molecule is CCc1cc(-c2nc(-c3cc(C(=O)NCC4CCCCC4)c(C)n3CC(C)C)cs2)ccn1. The summed E-state index contributed by atoms with van der Waals surface area (Å²) in [6.45, 7) is 10.2. The van der Waals surface area contributed by atoms with E-state index in [-0.39, 0.29) is 5.91 Å². The number of nitrogens with zero attached hydrogens (tertiary/aromatic N) is 3. The van der Waals surface area contributed by atoms with Crippen molar-refractivity contribution < 1.29 is 4.79 Å². The summed E-state index contributed by atoms with van der Waals surface area (Å²) in [4.78, 5) is 22.5. The molecule has 0 unspecified atom stereocenters. The molecule has 33 heavy (non-hydrogen) atoms. The quantitative estimate of drug-likeness (QED) is 0.413. The second-order valence-electron chi connectivity index (χ2n) is 9.67. The summed E-state index contributed by atoms with van der Waals surface area (Å²) in [6.07, 6.45) is 9.14. The maximum Gasteiger partial charge on any atom is 0.253 e. The second kappa shape index (κ2) is 10.6. The molecule has 1 N–H and O–H groups in total. The van der Waals surface area contributed by atoms with Crippen LogP contribution in [0.25, 0.3) is 22.0 Å². The molecule has 0 radical (unpaired) electrons. The van der Waals surface area contributed by atoms with Gasteiger partial charge < -0.3 is 9.88 Å². The molecule has 1 amide bonds. The highest BCUT2D eigenvalue weighted by molar-refractivity contribution is 7.13. The fourth-order valence-corrected chi connectivity index (χ4v) is 5.55. The molecule has 5 nitrogen and oxygen atoms in total. The molecule has 1 fully saturated rings. The highest BCUT2D eigenvalue weighted by atomic mass is 32.1. The van der Waals surface area contributed by atoms with Gasteiger partial charge >= 0.3 is 0 Å². The summed E-state index contributed by atoms with van der Waals surface area (Å²) in [5.41, 5.74) is 5.92. The molecular weight excluding hydrogens is 428 g/mol. The van der Waals surface area contributed by atoms with E-state index in [1.165, 1.54) is 32.1 Å². The fourth-order valence-electron chi connectivity index (χ4n) is 4.74.